The Kier molecular flexibility index (Phi) is 25.4. The monoisotopic (exact) mass is 685 g/mol. The molecule has 1 N–H and O–H groups in total. The van der Waals surface area contributed by atoms with E-state index in [-0.39, 0.29) is 10.1 Å². The van der Waals surface area contributed by atoms with Crippen LogP contribution in [0.4, 0.5) is 0 Å². The van der Waals surface area contributed by atoms with Gasteiger partial charge < -0.3 is 14.2 Å². The van der Waals surface area contributed by atoms with Crippen molar-refractivity contribution >= 4 is 16.6 Å². The fourth-order valence-electron chi connectivity index (χ4n) is 5.89. The van der Waals surface area contributed by atoms with Gasteiger partial charge in [-0.15, -0.1) is 0 Å². The molecular formula is C40H88N2O2Si2. The second-order valence-electron chi connectivity index (χ2n) is 17.7. The molecule has 46 heavy (non-hydrogen) atoms. The Hall–Kier alpha value is 0.274. The van der Waals surface area contributed by atoms with Gasteiger partial charge in [-0.3, -0.25) is 4.90 Å². The van der Waals surface area contributed by atoms with E-state index >= 15 is 0 Å². The Labute approximate surface area is 294 Å². The zero-order valence-corrected chi connectivity index (χ0v) is 36.2. The summed E-state index contributed by atoms with van der Waals surface area (Å²) in [6, 6.07) is 0. The molecule has 6 heteroatoms. The summed E-state index contributed by atoms with van der Waals surface area (Å²) in [5.74, 6) is 0. The molecule has 0 saturated carbocycles. The molecule has 0 bridgehead atoms. The first-order valence-corrected chi connectivity index (χ1v) is 26.0. The van der Waals surface area contributed by atoms with Crippen molar-refractivity contribution in [3.63, 3.8) is 0 Å². The van der Waals surface area contributed by atoms with Crippen molar-refractivity contribution in [2.45, 2.75) is 226 Å². The number of hydrogen-bond donors (Lipinski definition) is 1. The minimum atomic E-state index is -1.87. The van der Waals surface area contributed by atoms with Gasteiger partial charge in [0.1, 0.15) is 0 Å². The van der Waals surface area contributed by atoms with E-state index in [9.17, 15) is 0 Å². The van der Waals surface area contributed by atoms with Crippen molar-refractivity contribution in [3.8, 4) is 0 Å². The SMILES string of the molecule is CCCCCCCCCCC(CN(CCCNC)CC(CCCCCCCCCC)O[Si](C)(C)C(C)(C)C)O[Si](C)(C)C(C)(C)C. The lowest BCUT2D eigenvalue weighted by molar-refractivity contribution is 0.0682. The third kappa shape index (κ3) is 22.1. The van der Waals surface area contributed by atoms with Crippen LogP contribution in [0.1, 0.15) is 177 Å². The van der Waals surface area contributed by atoms with Crippen LogP contribution in [0.25, 0.3) is 0 Å². The van der Waals surface area contributed by atoms with E-state index in [4.69, 9.17) is 8.85 Å². The molecule has 2 unspecified atom stereocenters. The summed E-state index contributed by atoms with van der Waals surface area (Å²) in [6.07, 6.45) is 26.1. The molecule has 0 amide bonds. The number of nitrogens with zero attached hydrogens (tertiary/aromatic N) is 1. The van der Waals surface area contributed by atoms with Crippen LogP contribution in [0.5, 0.6) is 0 Å². The molecule has 0 radical (unpaired) electrons. The molecule has 4 nitrogen and oxygen atoms in total. The molecule has 2 atom stereocenters. The van der Waals surface area contributed by atoms with Crippen molar-refractivity contribution in [1.29, 1.82) is 0 Å². The molecule has 0 aliphatic heterocycles. The smallest absolute Gasteiger partial charge is 0.192 e. The Morgan fingerprint density at radius 3 is 1.15 bits per heavy atom. The predicted molar refractivity (Wildman–Crippen MR) is 214 cm³/mol. The maximum Gasteiger partial charge on any atom is 0.192 e. The highest BCUT2D eigenvalue weighted by atomic mass is 28.4. The number of rotatable bonds is 30. The fourth-order valence-corrected chi connectivity index (χ4v) is 8.64. The Bertz CT molecular complexity index is 648. The standard InChI is InChI=1S/C40H88N2O2Si2/c1-14-16-18-20-22-24-26-28-31-37(43-45(10,11)39(3,4)5)35-42(34-30-33-41-9)36-38(44-46(12,13)40(6,7)8)32-29-27-25-23-21-19-17-15-2/h37-38,41H,14-36H2,1-13H3. The minimum Gasteiger partial charge on any atom is -0.413 e. The van der Waals surface area contributed by atoms with Gasteiger partial charge in [-0.1, -0.05) is 158 Å². The van der Waals surface area contributed by atoms with E-state index in [2.05, 4.69) is 98.8 Å². The van der Waals surface area contributed by atoms with Gasteiger partial charge in [0.05, 0.1) is 12.2 Å². The Morgan fingerprint density at radius 1 is 0.522 bits per heavy atom. The molecule has 0 aromatic rings. The highest BCUT2D eigenvalue weighted by Gasteiger charge is 2.41. The first kappa shape index (κ1) is 46.3. The largest absolute Gasteiger partial charge is 0.413 e. The fraction of sp³-hybridized carbons (Fsp3) is 1.00. The van der Waals surface area contributed by atoms with Crippen LogP contribution in [0.2, 0.25) is 36.3 Å². The van der Waals surface area contributed by atoms with Gasteiger partial charge >= 0.3 is 0 Å². The third-order valence-corrected chi connectivity index (χ3v) is 20.2. The molecule has 0 aromatic carbocycles. The maximum atomic E-state index is 7.24. The van der Waals surface area contributed by atoms with Crippen LogP contribution in [-0.2, 0) is 8.85 Å². The molecule has 0 saturated heterocycles. The predicted octanol–water partition coefficient (Wildman–Crippen LogP) is 12.7. The highest BCUT2D eigenvalue weighted by Crippen LogP contribution is 2.39. The average Bonchev–Trinajstić information content (AvgIpc) is 2.94. The Balaban J connectivity index is 5.71. The molecular weight excluding hydrogens is 597 g/mol. The van der Waals surface area contributed by atoms with Gasteiger partial charge in [0.15, 0.2) is 16.6 Å². The number of nitrogens with one attached hydrogen (secondary N) is 1. The van der Waals surface area contributed by atoms with Gasteiger partial charge in [0.25, 0.3) is 0 Å². The van der Waals surface area contributed by atoms with Crippen molar-refractivity contribution in [3.05, 3.63) is 0 Å². The lowest BCUT2D eigenvalue weighted by atomic mass is 10.0. The third-order valence-electron chi connectivity index (χ3n) is 11.1. The van der Waals surface area contributed by atoms with Gasteiger partial charge in [0, 0.05) is 13.1 Å². The first-order valence-electron chi connectivity index (χ1n) is 20.2. The van der Waals surface area contributed by atoms with E-state index in [1.807, 2.05) is 0 Å². The van der Waals surface area contributed by atoms with Crippen LogP contribution in [0.15, 0.2) is 0 Å². The molecule has 0 fully saturated rings. The quantitative estimate of drug-likeness (QED) is 0.0603. The van der Waals surface area contributed by atoms with Crippen LogP contribution < -0.4 is 5.32 Å². The van der Waals surface area contributed by atoms with E-state index in [1.54, 1.807) is 0 Å². The summed E-state index contributed by atoms with van der Waals surface area (Å²) in [5.41, 5.74) is 0. The maximum absolute atomic E-state index is 7.24. The average molecular weight is 685 g/mol. The van der Waals surface area contributed by atoms with Crippen molar-refractivity contribution < 1.29 is 8.85 Å². The van der Waals surface area contributed by atoms with Crippen LogP contribution in [0, 0.1) is 0 Å². The van der Waals surface area contributed by atoms with E-state index < -0.39 is 16.6 Å². The van der Waals surface area contributed by atoms with E-state index in [0.717, 1.165) is 26.2 Å². The molecule has 0 spiro atoms. The lowest BCUT2D eigenvalue weighted by Gasteiger charge is -2.42. The van der Waals surface area contributed by atoms with Crippen LogP contribution in [0.3, 0.4) is 0 Å². The second-order valence-corrected chi connectivity index (χ2v) is 27.3. The lowest BCUT2D eigenvalue weighted by Crippen LogP contribution is -2.50. The molecule has 0 aromatic heterocycles. The van der Waals surface area contributed by atoms with Crippen molar-refractivity contribution in [2.75, 3.05) is 33.2 Å². The van der Waals surface area contributed by atoms with Gasteiger partial charge in [-0.25, -0.2) is 0 Å². The van der Waals surface area contributed by atoms with Crippen molar-refractivity contribution in [1.82, 2.24) is 10.2 Å². The van der Waals surface area contributed by atoms with Gasteiger partial charge in [-0.2, -0.15) is 0 Å². The summed E-state index contributed by atoms with van der Waals surface area (Å²) in [7, 11) is -1.66. The normalized spacial score (nSPS) is 14.7. The number of unbranched alkanes of at least 4 members (excludes halogenated alkanes) is 14. The Morgan fingerprint density at radius 2 is 0.848 bits per heavy atom. The van der Waals surface area contributed by atoms with Gasteiger partial charge in [0.2, 0.25) is 0 Å². The first-order chi connectivity index (χ1) is 21.5. The number of hydrogen-bond acceptors (Lipinski definition) is 4. The van der Waals surface area contributed by atoms with E-state index in [0.29, 0.717) is 12.2 Å². The molecule has 0 aliphatic rings. The summed E-state index contributed by atoms with van der Waals surface area (Å²) in [6.45, 7) is 33.0. The van der Waals surface area contributed by atoms with Crippen molar-refractivity contribution in [2.24, 2.45) is 0 Å². The zero-order chi connectivity index (χ0) is 35.1. The molecule has 278 valence electrons. The minimum absolute atomic E-state index is 0.228. The molecule has 0 aliphatic carbocycles. The van der Waals surface area contributed by atoms with Crippen LogP contribution in [-0.4, -0.2) is 67.0 Å². The second kappa shape index (κ2) is 25.3. The van der Waals surface area contributed by atoms with Gasteiger partial charge in [-0.05, 0) is 75.7 Å². The highest BCUT2D eigenvalue weighted by molar-refractivity contribution is 6.74. The van der Waals surface area contributed by atoms with Crippen LogP contribution >= 0.6 is 0 Å². The summed E-state index contributed by atoms with van der Waals surface area (Å²) >= 11 is 0. The molecule has 0 heterocycles. The summed E-state index contributed by atoms with van der Waals surface area (Å²) < 4.78 is 14.5. The topological polar surface area (TPSA) is 33.7 Å². The summed E-state index contributed by atoms with van der Waals surface area (Å²) in [5, 5.41) is 3.86. The van der Waals surface area contributed by atoms with E-state index in [1.165, 1.54) is 122 Å². The zero-order valence-electron chi connectivity index (χ0n) is 34.2. The molecule has 0 rings (SSSR count). The summed E-state index contributed by atoms with van der Waals surface area (Å²) in [4.78, 5) is 2.75.